The Balaban J connectivity index is 1.58. The molecule has 0 aliphatic carbocycles. The molecule has 1 aromatic heterocycles. The van der Waals surface area contributed by atoms with Gasteiger partial charge in [0.1, 0.15) is 4.90 Å². The summed E-state index contributed by atoms with van der Waals surface area (Å²) in [5, 5.41) is 0.941. The number of hydrogen-bond donors (Lipinski definition) is 0. The zero-order chi connectivity index (χ0) is 22.4. The number of nitrogens with zero attached hydrogens (tertiary/aromatic N) is 3. The van der Waals surface area contributed by atoms with Crippen LogP contribution in [0.4, 0.5) is 5.69 Å². The predicted molar refractivity (Wildman–Crippen MR) is 125 cm³/mol. The highest BCUT2D eigenvalue weighted by Crippen LogP contribution is 2.31. The zero-order valence-corrected chi connectivity index (χ0v) is 19.9. The Morgan fingerprint density at radius 1 is 0.935 bits per heavy atom. The predicted octanol–water partition coefficient (Wildman–Crippen LogP) is 4.55. The third kappa shape index (κ3) is 4.34. The van der Waals surface area contributed by atoms with E-state index in [0.717, 1.165) is 11.1 Å². The van der Waals surface area contributed by atoms with E-state index in [1.807, 2.05) is 12.1 Å². The van der Waals surface area contributed by atoms with Gasteiger partial charge >= 0.3 is 0 Å². The Kier molecular flexibility index (Phi) is 6.09. The van der Waals surface area contributed by atoms with Crippen LogP contribution in [-0.4, -0.2) is 53.2 Å². The van der Waals surface area contributed by atoms with E-state index in [4.69, 9.17) is 46.4 Å². The molecule has 2 aromatic carbocycles. The second-order valence-corrected chi connectivity index (χ2v) is 11.5. The molecule has 4 rings (SSSR count). The van der Waals surface area contributed by atoms with Gasteiger partial charge in [0.15, 0.2) is 0 Å². The van der Waals surface area contributed by atoms with Gasteiger partial charge in [-0.05, 0) is 36.4 Å². The van der Waals surface area contributed by atoms with E-state index >= 15 is 0 Å². The number of carbonyl (C=O) groups is 1. The van der Waals surface area contributed by atoms with Crippen LogP contribution in [0.3, 0.4) is 0 Å². The van der Waals surface area contributed by atoms with Crippen molar-refractivity contribution in [2.24, 2.45) is 0 Å². The van der Waals surface area contributed by atoms with E-state index in [2.05, 4.69) is 4.90 Å². The third-order valence-electron chi connectivity index (χ3n) is 5.19. The molecule has 1 aliphatic rings. The van der Waals surface area contributed by atoms with Gasteiger partial charge < -0.3 is 9.80 Å². The lowest BCUT2D eigenvalue weighted by molar-refractivity contribution is -0.130. The molecule has 1 aliphatic heterocycles. The lowest BCUT2D eigenvalue weighted by Gasteiger charge is -2.37. The maximum absolute atomic E-state index is 13.1. The average Bonchev–Trinajstić information content (AvgIpc) is 3.17. The van der Waals surface area contributed by atoms with Gasteiger partial charge in [0.2, 0.25) is 0 Å². The summed E-state index contributed by atoms with van der Waals surface area (Å²) in [6.45, 7) is 1.98. The highest BCUT2D eigenvalue weighted by atomic mass is 35.6. The maximum Gasteiger partial charge on any atom is 0.274 e. The molecule has 3 aromatic rings. The maximum atomic E-state index is 13.1. The summed E-state index contributed by atoms with van der Waals surface area (Å²) >= 11 is 23.2. The second-order valence-electron chi connectivity index (χ2n) is 7.07. The first-order valence-electron chi connectivity index (χ1n) is 9.31. The summed E-state index contributed by atoms with van der Waals surface area (Å²) in [7, 11) is -3.83. The van der Waals surface area contributed by atoms with Gasteiger partial charge in [-0.25, -0.2) is 12.4 Å². The van der Waals surface area contributed by atoms with Gasteiger partial charge in [0, 0.05) is 43.4 Å². The number of carbonyl (C=O) groups excluding carboxylic acids is 1. The first-order valence-corrected chi connectivity index (χ1v) is 12.3. The number of rotatable bonds is 3. The van der Waals surface area contributed by atoms with E-state index in [1.165, 1.54) is 21.1 Å². The second kappa shape index (κ2) is 8.37. The van der Waals surface area contributed by atoms with Crippen LogP contribution in [0, 0.1) is 0 Å². The van der Waals surface area contributed by atoms with Crippen LogP contribution in [0.1, 0.15) is 0 Å². The largest absolute Gasteiger partial charge is 0.368 e. The fourth-order valence-electron chi connectivity index (χ4n) is 3.62. The molecule has 164 valence electrons. The first-order chi connectivity index (χ1) is 14.6. The number of fused-ring (bicyclic) bond motifs is 1. The van der Waals surface area contributed by atoms with Crippen molar-refractivity contribution in [1.82, 2.24) is 8.87 Å². The van der Waals surface area contributed by atoms with Crippen LogP contribution >= 0.6 is 46.4 Å². The molecular formula is C20H17Cl4N3O3S. The highest BCUT2D eigenvalue weighted by Gasteiger charge is 2.36. The number of halogens is 4. The molecule has 0 bridgehead atoms. The summed E-state index contributed by atoms with van der Waals surface area (Å²) in [5.74, 6) is -0.533. The molecule has 0 N–H and O–H groups in total. The first kappa shape index (κ1) is 22.6. The van der Waals surface area contributed by atoms with E-state index < -0.39 is 19.7 Å². The summed E-state index contributed by atoms with van der Waals surface area (Å²) in [6.07, 6.45) is 1.52. The quantitative estimate of drug-likeness (QED) is 0.475. The standard InChI is InChI=1S/C20H17Cl4N3O3S/c21-16-3-1-2-4-18(16)31(29,30)27-8-7-14-13-15(5-6-17(14)27)25-9-11-26(12-10-25)19(28)20(22,23)24/h1-8,13H,9-12H2. The van der Waals surface area contributed by atoms with Gasteiger partial charge in [-0.2, -0.15) is 0 Å². The summed E-state index contributed by atoms with van der Waals surface area (Å²) in [6, 6.07) is 13.6. The molecule has 1 fully saturated rings. The van der Waals surface area contributed by atoms with Crippen molar-refractivity contribution in [1.29, 1.82) is 0 Å². The van der Waals surface area contributed by atoms with Crippen molar-refractivity contribution in [2.45, 2.75) is 8.69 Å². The van der Waals surface area contributed by atoms with Crippen LogP contribution in [0.5, 0.6) is 0 Å². The molecule has 0 radical (unpaired) electrons. The number of piperazine rings is 1. The number of anilines is 1. The van der Waals surface area contributed by atoms with E-state index in [9.17, 15) is 13.2 Å². The van der Waals surface area contributed by atoms with E-state index in [0.29, 0.717) is 31.7 Å². The molecule has 0 saturated carbocycles. The number of benzene rings is 2. The van der Waals surface area contributed by atoms with Crippen LogP contribution in [0.2, 0.25) is 5.02 Å². The highest BCUT2D eigenvalue weighted by molar-refractivity contribution is 7.90. The molecule has 1 saturated heterocycles. The van der Waals surface area contributed by atoms with Gasteiger partial charge in [-0.15, -0.1) is 0 Å². The van der Waals surface area contributed by atoms with Crippen LogP contribution in [-0.2, 0) is 14.8 Å². The van der Waals surface area contributed by atoms with E-state index in [1.54, 1.807) is 30.3 Å². The molecule has 31 heavy (non-hydrogen) atoms. The van der Waals surface area contributed by atoms with Crippen molar-refractivity contribution in [3.63, 3.8) is 0 Å². The summed E-state index contributed by atoms with van der Waals surface area (Å²) in [4.78, 5) is 15.8. The third-order valence-corrected chi connectivity index (χ3v) is 7.86. The Bertz CT molecular complexity index is 1250. The minimum atomic E-state index is -3.83. The van der Waals surface area contributed by atoms with Crippen molar-refractivity contribution >= 4 is 78.9 Å². The molecule has 6 nitrogen and oxygen atoms in total. The number of hydrogen-bond acceptors (Lipinski definition) is 4. The Labute approximate surface area is 199 Å². The molecule has 0 spiro atoms. The Morgan fingerprint density at radius 3 is 2.26 bits per heavy atom. The van der Waals surface area contributed by atoms with Gasteiger partial charge in [-0.3, -0.25) is 4.79 Å². The Hall–Kier alpha value is -1.64. The summed E-state index contributed by atoms with van der Waals surface area (Å²) in [5.41, 5.74) is 1.47. The normalized spacial score (nSPS) is 15.5. The monoisotopic (exact) mass is 519 g/mol. The fourth-order valence-corrected chi connectivity index (χ4v) is 5.83. The number of amides is 1. The molecule has 2 heterocycles. The van der Waals surface area contributed by atoms with Crippen LogP contribution in [0.15, 0.2) is 59.6 Å². The van der Waals surface area contributed by atoms with Crippen molar-refractivity contribution in [2.75, 3.05) is 31.1 Å². The molecule has 0 unspecified atom stereocenters. The number of aromatic nitrogens is 1. The smallest absolute Gasteiger partial charge is 0.274 e. The molecule has 11 heteroatoms. The Morgan fingerprint density at radius 2 is 1.61 bits per heavy atom. The van der Waals surface area contributed by atoms with Crippen molar-refractivity contribution in [3.05, 3.63) is 59.8 Å². The summed E-state index contributed by atoms with van der Waals surface area (Å²) < 4.78 is 25.5. The van der Waals surface area contributed by atoms with Crippen LogP contribution in [0.25, 0.3) is 10.9 Å². The molecular weight excluding hydrogens is 504 g/mol. The lowest BCUT2D eigenvalue weighted by Crippen LogP contribution is -2.51. The van der Waals surface area contributed by atoms with Crippen molar-refractivity contribution < 1.29 is 13.2 Å². The lowest BCUT2D eigenvalue weighted by atomic mass is 10.2. The topological polar surface area (TPSA) is 62.6 Å². The minimum Gasteiger partial charge on any atom is -0.368 e. The van der Waals surface area contributed by atoms with Crippen molar-refractivity contribution in [3.8, 4) is 0 Å². The van der Waals surface area contributed by atoms with Gasteiger partial charge in [0.05, 0.1) is 10.5 Å². The molecule has 1 amide bonds. The fraction of sp³-hybridized carbons (Fsp3) is 0.250. The number of alkyl halides is 3. The van der Waals surface area contributed by atoms with Gasteiger partial charge in [-0.1, -0.05) is 58.5 Å². The zero-order valence-electron chi connectivity index (χ0n) is 16.0. The molecule has 0 atom stereocenters. The van der Waals surface area contributed by atoms with Crippen LogP contribution < -0.4 is 4.90 Å². The van der Waals surface area contributed by atoms with Gasteiger partial charge in [0.25, 0.3) is 19.7 Å². The SMILES string of the molecule is O=C(N1CCN(c2ccc3c(ccn3S(=O)(=O)c3ccccc3Cl)c2)CC1)C(Cl)(Cl)Cl. The minimum absolute atomic E-state index is 0.0491. The van der Waals surface area contributed by atoms with E-state index in [-0.39, 0.29) is 9.92 Å². The average molecular weight is 521 g/mol.